The van der Waals surface area contributed by atoms with Crippen LogP contribution in [0.1, 0.15) is 18.9 Å². The molecule has 1 amide bonds. The molecule has 0 saturated carbocycles. The van der Waals surface area contributed by atoms with Gasteiger partial charge in [0.05, 0.1) is 36.8 Å². The summed E-state index contributed by atoms with van der Waals surface area (Å²) < 4.78 is 56.1. The Bertz CT molecular complexity index is 883. The second-order valence-corrected chi connectivity index (χ2v) is 6.96. The first kappa shape index (κ1) is 22.7. The van der Waals surface area contributed by atoms with Gasteiger partial charge < -0.3 is 24.4 Å². The molecule has 0 unspecified atom stereocenters. The molecule has 1 heterocycles. The van der Waals surface area contributed by atoms with Gasteiger partial charge in [0.2, 0.25) is 0 Å². The third-order valence-electron chi connectivity index (χ3n) is 4.62. The highest BCUT2D eigenvalue weighted by Crippen LogP contribution is 2.36. The van der Waals surface area contributed by atoms with Gasteiger partial charge in [-0.25, -0.2) is 0 Å². The Balaban J connectivity index is 1.73. The highest BCUT2D eigenvalue weighted by atomic mass is 19.4. The molecule has 0 spiro atoms. The van der Waals surface area contributed by atoms with Gasteiger partial charge in [0.1, 0.15) is 0 Å². The zero-order chi connectivity index (χ0) is 22.3. The number of nitrogens with zero attached hydrogens (tertiary/aromatic N) is 1. The average Bonchev–Trinajstić information content (AvgIpc) is 2.76. The minimum atomic E-state index is -4.52. The standard InChI is InChI=1S/C22H25F3N2O4/c1-2-11-30-19-5-3-4-6-20(19)31-15-21(28)26-17-14-16(22(23,24)25)7-8-18(17)27-9-12-29-13-10-27/h3-8,14H,2,9-13,15H2,1H3,(H,26,28). The summed E-state index contributed by atoms with van der Waals surface area (Å²) in [4.78, 5) is 14.4. The van der Waals surface area contributed by atoms with E-state index >= 15 is 0 Å². The number of anilines is 2. The number of hydrogen-bond donors (Lipinski definition) is 1. The minimum Gasteiger partial charge on any atom is -0.490 e. The summed E-state index contributed by atoms with van der Waals surface area (Å²) in [5.41, 5.74) is -0.240. The van der Waals surface area contributed by atoms with Gasteiger partial charge in [0, 0.05) is 13.1 Å². The lowest BCUT2D eigenvalue weighted by molar-refractivity contribution is -0.137. The lowest BCUT2D eigenvalue weighted by atomic mass is 10.1. The lowest BCUT2D eigenvalue weighted by Gasteiger charge is -2.31. The van der Waals surface area contributed by atoms with E-state index in [0.717, 1.165) is 18.6 Å². The van der Waals surface area contributed by atoms with Gasteiger partial charge in [-0.3, -0.25) is 4.79 Å². The molecule has 1 aliphatic rings. The predicted octanol–water partition coefficient (Wildman–Crippen LogP) is 4.35. The summed E-state index contributed by atoms with van der Waals surface area (Å²) in [6.45, 7) is 4.07. The number of carbonyl (C=O) groups excluding carboxylic acids is 1. The number of para-hydroxylation sites is 2. The van der Waals surface area contributed by atoms with E-state index in [4.69, 9.17) is 14.2 Å². The normalized spacial score (nSPS) is 14.3. The van der Waals surface area contributed by atoms with Crippen molar-refractivity contribution in [3.63, 3.8) is 0 Å². The first-order valence-electron chi connectivity index (χ1n) is 10.1. The van der Waals surface area contributed by atoms with E-state index in [1.807, 2.05) is 11.8 Å². The smallest absolute Gasteiger partial charge is 0.416 e. The number of nitrogens with one attached hydrogen (secondary N) is 1. The Morgan fingerprint density at radius 2 is 1.77 bits per heavy atom. The summed E-state index contributed by atoms with van der Waals surface area (Å²) >= 11 is 0. The fourth-order valence-electron chi connectivity index (χ4n) is 3.12. The molecule has 3 rings (SSSR count). The molecule has 6 nitrogen and oxygen atoms in total. The largest absolute Gasteiger partial charge is 0.490 e. The van der Waals surface area contributed by atoms with Crippen molar-refractivity contribution in [1.29, 1.82) is 0 Å². The first-order valence-corrected chi connectivity index (χ1v) is 10.1. The summed E-state index contributed by atoms with van der Waals surface area (Å²) in [7, 11) is 0. The quantitative estimate of drug-likeness (QED) is 0.664. The zero-order valence-electron chi connectivity index (χ0n) is 17.2. The maximum absolute atomic E-state index is 13.2. The van der Waals surface area contributed by atoms with E-state index in [1.165, 1.54) is 6.07 Å². The highest BCUT2D eigenvalue weighted by molar-refractivity contribution is 5.95. The van der Waals surface area contributed by atoms with Crippen LogP contribution in [0.15, 0.2) is 42.5 Å². The molecule has 1 N–H and O–H groups in total. The molecule has 0 radical (unpaired) electrons. The second kappa shape index (κ2) is 10.4. The predicted molar refractivity (Wildman–Crippen MR) is 111 cm³/mol. The van der Waals surface area contributed by atoms with Crippen molar-refractivity contribution in [3.8, 4) is 11.5 Å². The topological polar surface area (TPSA) is 60.0 Å². The van der Waals surface area contributed by atoms with Gasteiger partial charge in [0.15, 0.2) is 18.1 Å². The Kier molecular flexibility index (Phi) is 7.62. The molecule has 168 valence electrons. The van der Waals surface area contributed by atoms with Crippen LogP contribution in [0.25, 0.3) is 0 Å². The summed E-state index contributed by atoms with van der Waals surface area (Å²) in [5.74, 6) is 0.327. The molecule has 0 aromatic heterocycles. The summed E-state index contributed by atoms with van der Waals surface area (Å²) in [6.07, 6.45) is -3.70. The van der Waals surface area contributed by atoms with E-state index in [9.17, 15) is 18.0 Å². The van der Waals surface area contributed by atoms with Gasteiger partial charge in [-0.05, 0) is 36.8 Å². The van der Waals surface area contributed by atoms with Crippen molar-refractivity contribution >= 4 is 17.3 Å². The van der Waals surface area contributed by atoms with Crippen LogP contribution >= 0.6 is 0 Å². The van der Waals surface area contributed by atoms with Crippen molar-refractivity contribution < 1.29 is 32.2 Å². The Morgan fingerprint density at radius 3 is 2.42 bits per heavy atom. The number of hydrogen-bond acceptors (Lipinski definition) is 5. The molecule has 1 aliphatic heterocycles. The summed E-state index contributed by atoms with van der Waals surface area (Å²) in [6, 6.07) is 10.3. The maximum Gasteiger partial charge on any atom is 0.416 e. The van der Waals surface area contributed by atoms with Crippen LogP contribution in [-0.2, 0) is 15.7 Å². The van der Waals surface area contributed by atoms with Crippen LogP contribution in [0.3, 0.4) is 0 Å². The monoisotopic (exact) mass is 438 g/mol. The van der Waals surface area contributed by atoms with Gasteiger partial charge in [-0.15, -0.1) is 0 Å². The molecule has 2 aromatic rings. The highest BCUT2D eigenvalue weighted by Gasteiger charge is 2.32. The van der Waals surface area contributed by atoms with Crippen molar-refractivity contribution in [2.24, 2.45) is 0 Å². The zero-order valence-corrected chi connectivity index (χ0v) is 17.2. The van der Waals surface area contributed by atoms with Gasteiger partial charge in [-0.2, -0.15) is 13.2 Å². The molecular formula is C22H25F3N2O4. The molecule has 2 aromatic carbocycles. The number of benzene rings is 2. The van der Waals surface area contributed by atoms with Crippen molar-refractivity contribution in [3.05, 3.63) is 48.0 Å². The average molecular weight is 438 g/mol. The van der Waals surface area contributed by atoms with Gasteiger partial charge in [0.25, 0.3) is 5.91 Å². The van der Waals surface area contributed by atoms with Gasteiger partial charge >= 0.3 is 6.18 Å². The van der Waals surface area contributed by atoms with Crippen molar-refractivity contribution in [2.75, 3.05) is 49.7 Å². The number of amides is 1. The molecule has 31 heavy (non-hydrogen) atoms. The fourth-order valence-corrected chi connectivity index (χ4v) is 3.12. The Morgan fingerprint density at radius 1 is 1.10 bits per heavy atom. The number of alkyl halides is 3. The number of ether oxygens (including phenoxy) is 3. The van der Waals surface area contributed by atoms with Gasteiger partial charge in [-0.1, -0.05) is 19.1 Å². The second-order valence-electron chi connectivity index (χ2n) is 6.96. The van der Waals surface area contributed by atoms with Crippen LogP contribution in [-0.4, -0.2) is 45.4 Å². The summed E-state index contributed by atoms with van der Waals surface area (Å²) in [5, 5.41) is 2.57. The SMILES string of the molecule is CCCOc1ccccc1OCC(=O)Nc1cc(C(F)(F)F)ccc1N1CCOCC1. The van der Waals surface area contributed by atoms with E-state index in [1.54, 1.807) is 24.3 Å². The van der Waals surface area contributed by atoms with Crippen LogP contribution in [0.2, 0.25) is 0 Å². The van der Waals surface area contributed by atoms with E-state index in [2.05, 4.69) is 5.32 Å². The lowest BCUT2D eigenvalue weighted by Crippen LogP contribution is -2.37. The molecule has 9 heteroatoms. The number of halogens is 3. The van der Waals surface area contributed by atoms with Crippen molar-refractivity contribution in [2.45, 2.75) is 19.5 Å². The van der Waals surface area contributed by atoms with Crippen LogP contribution in [0.5, 0.6) is 11.5 Å². The molecule has 0 atom stereocenters. The van der Waals surface area contributed by atoms with Crippen molar-refractivity contribution in [1.82, 2.24) is 0 Å². The molecular weight excluding hydrogens is 413 g/mol. The number of carbonyl (C=O) groups is 1. The number of morpholine rings is 1. The first-order chi connectivity index (χ1) is 14.9. The fraction of sp³-hybridized carbons (Fsp3) is 0.409. The molecule has 1 saturated heterocycles. The van der Waals surface area contributed by atoms with E-state index < -0.39 is 17.6 Å². The number of rotatable bonds is 8. The molecule has 0 aliphatic carbocycles. The van der Waals surface area contributed by atoms with Crippen LogP contribution in [0, 0.1) is 0 Å². The third kappa shape index (κ3) is 6.27. The molecule has 0 bridgehead atoms. The van der Waals surface area contributed by atoms with E-state index in [-0.39, 0.29) is 12.3 Å². The minimum absolute atomic E-state index is 0.0841. The Hall–Kier alpha value is -2.94. The molecule has 1 fully saturated rings. The van der Waals surface area contributed by atoms with E-state index in [0.29, 0.717) is 50.1 Å². The maximum atomic E-state index is 13.2. The Labute approximate surface area is 178 Å². The van der Waals surface area contributed by atoms with Crippen LogP contribution < -0.4 is 19.7 Å². The third-order valence-corrected chi connectivity index (χ3v) is 4.62. The van der Waals surface area contributed by atoms with Crippen LogP contribution in [0.4, 0.5) is 24.5 Å².